The molecule has 1 aliphatic heterocycles. The molecule has 1 fully saturated rings. The van der Waals surface area contributed by atoms with E-state index in [4.69, 9.17) is 14.0 Å². The average Bonchev–Trinajstić information content (AvgIpc) is 2.79. The van der Waals surface area contributed by atoms with Crippen LogP contribution in [-0.4, -0.2) is 17.8 Å². The van der Waals surface area contributed by atoms with Crippen molar-refractivity contribution in [2.75, 3.05) is 0 Å². The smallest absolute Gasteiger partial charge is 0.558 e. The van der Waals surface area contributed by atoms with Crippen LogP contribution in [0, 0.1) is 0 Å². The van der Waals surface area contributed by atoms with Gasteiger partial charge in [-0.3, -0.25) is 0 Å². The second-order valence-corrected chi connectivity index (χ2v) is 8.26. The van der Waals surface area contributed by atoms with Gasteiger partial charge < -0.3 is 14.0 Å². The standard InChI is InChI=1S/C22H30BO3.Li/c1-6-7-16-23(25-21(2,3)22(4,5)26-23)18-12-11-15-20(17-18)24-19-13-9-8-10-14-19;/h8-15,17H,6-7,16H2,1-5H3;/q-1;+1. The molecule has 1 aliphatic rings. The summed E-state index contributed by atoms with van der Waals surface area (Å²) in [5.41, 5.74) is 0.374. The number of hydrogen-bond acceptors (Lipinski definition) is 3. The van der Waals surface area contributed by atoms with Crippen LogP contribution in [0.3, 0.4) is 0 Å². The molecule has 0 bridgehead atoms. The second-order valence-electron chi connectivity index (χ2n) is 8.26. The molecule has 1 saturated heterocycles. The van der Waals surface area contributed by atoms with Crippen molar-refractivity contribution in [1.82, 2.24) is 0 Å². The van der Waals surface area contributed by atoms with E-state index in [0.29, 0.717) is 0 Å². The van der Waals surface area contributed by atoms with Gasteiger partial charge in [-0.15, -0.1) is 11.8 Å². The van der Waals surface area contributed by atoms with E-state index in [-0.39, 0.29) is 30.1 Å². The van der Waals surface area contributed by atoms with Crippen molar-refractivity contribution in [1.29, 1.82) is 0 Å². The number of ether oxygens (including phenoxy) is 1. The Balaban J connectivity index is 0.00000261. The average molecular weight is 360 g/mol. The molecule has 0 amide bonds. The fourth-order valence-electron chi connectivity index (χ4n) is 3.63. The summed E-state index contributed by atoms with van der Waals surface area (Å²) in [5, 5.41) is 0. The van der Waals surface area contributed by atoms with Crippen LogP contribution in [0.4, 0.5) is 0 Å². The number of benzene rings is 2. The van der Waals surface area contributed by atoms with Crippen LogP contribution in [0.25, 0.3) is 0 Å². The molecule has 0 N–H and O–H groups in total. The van der Waals surface area contributed by atoms with E-state index in [9.17, 15) is 0 Å². The number of rotatable bonds is 6. The molecule has 27 heavy (non-hydrogen) atoms. The van der Waals surface area contributed by atoms with E-state index < -0.39 is 6.55 Å². The van der Waals surface area contributed by atoms with Gasteiger partial charge in [0.15, 0.2) is 0 Å². The van der Waals surface area contributed by atoms with E-state index in [0.717, 1.165) is 36.1 Å². The summed E-state index contributed by atoms with van der Waals surface area (Å²) in [6.45, 7) is 9.13. The van der Waals surface area contributed by atoms with E-state index in [1.807, 2.05) is 42.5 Å². The molecule has 0 aromatic heterocycles. The molecule has 0 aliphatic carbocycles. The quantitative estimate of drug-likeness (QED) is 0.741. The molecule has 0 unspecified atom stereocenters. The van der Waals surface area contributed by atoms with E-state index in [1.54, 1.807) is 0 Å². The van der Waals surface area contributed by atoms with Gasteiger partial charge in [-0.25, -0.2) is 0 Å². The van der Waals surface area contributed by atoms with Crippen molar-refractivity contribution in [3.63, 3.8) is 0 Å². The molecule has 140 valence electrons. The Morgan fingerprint density at radius 2 is 1.44 bits per heavy atom. The Morgan fingerprint density at radius 1 is 0.852 bits per heavy atom. The molecule has 3 rings (SSSR count). The summed E-state index contributed by atoms with van der Waals surface area (Å²) >= 11 is 0. The summed E-state index contributed by atoms with van der Waals surface area (Å²) in [6, 6.07) is 18.0. The van der Waals surface area contributed by atoms with Crippen LogP contribution in [0.1, 0.15) is 47.5 Å². The van der Waals surface area contributed by atoms with Crippen LogP contribution < -0.4 is 29.1 Å². The van der Waals surface area contributed by atoms with Crippen LogP contribution in [-0.2, 0) is 9.31 Å². The fraction of sp³-hybridized carbons (Fsp3) is 0.455. The molecular weight excluding hydrogens is 330 g/mol. The minimum Gasteiger partial charge on any atom is -0.558 e. The minimum absolute atomic E-state index is 0. The molecule has 2 aromatic rings. The van der Waals surface area contributed by atoms with Gasteiger partial charge in [0.2, 0.25) is 0 Å². The predicted octanol–water partition coefficient (Wildman–Crippen LogP) is 2.54. The third kappa shape index (κ3) is 4.63. The second kappa shape index (κ2) is 8.45. The normalized spacial score (nSPS) is 19.3. The van der Waals surface area contributed by atoms with Gasteiger partial charge in [0, 0.05) is 11.2 Å². The van der Waals surface area contributed by atoms with Crippen molar-refractivity contribution >= 4 is 12.0 Å². The van der Waals surface area contributed by atoms with Gasteiger partial charge in [-0.2, -0.15) is 0 Å². The van der Waals surface area contributed by atoms with Gasteiger partial charge in [0.05, 0.1) is 0 Å². The third-order valence-electron chi connectivity index (χ3n) is 5.70. The summed E-state index contributed by atoms with van der Waals surface area (Å²) < 4.78 is 19.3. The number of para-hydroxylation sites is 1. The van der Waals surface area contributed by atoms with E-state index in [2.05, 4.69) is 46.8 Å². The topological polar surface area (TPSA) is 27.7 Å². The summed E-state index contributed by atoms with van der Waals surface area (Å²) in [5.74, 6) is 1.63. The first kappa shape index (κ1) is 22.1. The van der Waals surface area contributed by atoms with Crippen molar-refractivity contribution in [2.45, 2.75) is 65.0 Å². The summed E-state index contributed by atoms with van der Waals surface area (Å²) in [6.07, 6.45) is 3.06. The Bertz CT molecular complexity index is 730. The molecular formula is C22H30BLiO3. The molecule has 0 atom stereocenters. The summed E-state index contributed by atoms with van der Waals surface area (Å²) in [4.78, 5) is 0. The van der Waals surface area contributed by atoms with Gasteiger partial charge >= 0.3 is 18.9 Å². The fourth-order valence-corrected chi connectivity index (χ4v) is 3.63. The van der Waals surface area contributed by atoms with Crippen LogP contribution >= 0.6 is 0 Å². The SMILES string of the molecule is CCCC[B-]1(c2cccc(Oc3ccccc3)c2)OC(C)(C)C(C)(C)O1.[Li+]. The predicted molar refractivity (Wildman–Crippen MR) is 108 cm³/mol. The van der Waals surface area contributed by atoms with Gasteiger partial charge in [-0.05, 0) is 52.0 Å². The molecule has 0 spiro atoms. The number of hydrogen-bond donors (Lipinski definition) is 0. The summed E-state index contributed by atoms with van der Waals surface area (Å²) in [7, 11) is 0. The van der Waals surface area contributed by atoms with Gasteiger partial charge in [0.1, 0.15) is 11.5 Å². The maximum atomic E-state index is 6.63. The molecule has 5 heteroatoms. The Labute approximate surface area is 175 Å². The molecule has 1 heterocycles. The minimum atomic E-state index is -1.54. The van der Waals surface area contributed by atoms with E-state index in [1.165, 1.54) is 0 Å². The van der Waals surface area contributed by atoms with Crippen molar-refractivity contribution in [3.8, 4) is 11.5 Å². The third-order valence-corrected chi connectivity index (χ3v) is 5.70. The van der Waals surface area contributed by atoms with E-state index >= 15 is 0 Å². The Morgan fingerprint density at radius 3 is 2.04 bits per heavy atom. The first-order chi connectivity index (χ1) is 12.3. The maximum absolute atomic E-state index is 6.63. The van der Waals surface area contributed by atoms with Crippen molar-refractivity contribution in [3.05, 3.63) is 54.6 Å². The molecule has 0 radical (unpaired) electrons. The first-order valence-corrected chi connectivity index (χ1v) is 9.67. The maximum Gasteiger partial charge on any atom is 1.00 e. The molecule has 2 aromatic carbocycles. The Kier molecular flexibility index (Phi) is 6.92. The van der Waals surface area contributed by atoms with Crippen molar-refractivity contribution < 1.29 is 32.9 Å². The van der Waals surface area contributed by atoms with Crippen LogP contribution in [0.5, 0.6) is 11.5 Å². The first-order valence-electron chi connectivity index (χ1n) is 9.67. The Hall–Kier alpha value is -1.18. The zero-order valence-corrected chi connectivity index (χ0v) is 17.6. The number of unbranched alkanes of at least 4 members (excludes halogenated alkanes) is 1. The van der Waals surface area contributed by atoms with Crippen molar-refractivity contribution in [2.24, 2.45) is 0 Å². The van der Waals surface area contributed by atoms with Gasteiger partial charge in [-0.1, -0.05) is 50.1 Å². The van der Waals surface area contributed by atoms with Crippen LogP contribution in [0.2, 0.25) is 6.32 Å². The molecule has 3 nitrogen and oxygen atoms in total. The monoisotopic (exact) mass is 360 g/mol. The van der Waals surface area contributed by atoms with Crippen LogP contribution in [0.15, 0.2) is 54.6 Å². The largest absolute Gasteiger partial charge is 1.00 e. The zero-order chi connectivity index (χ0) is 18.8. The zero-order valence-electron chi connectivity index (χ0n) is 17.6. The molecule has 0 saturated carbocycles. The van der Waals surface area contributed by atoms with Gasteiger partial charge in [0.25, 0.3) is 6.55 Å².